The van der Waals surface area contributed by atoms with Crippen molar-refractivity contribution >= 4 is 17.7 Å². The van der Waals surface area contributed by atoms with E-state index in [2.05, 4.69) is 5.32 Å². The Morgan fingerprint density at radius 2 is 2.00 bits per heavy atom. The van der Waals surface area contributed by atoms with E-state index in [0.29, 0.717) is 0 Å². The van der Waals surface area contributed by atoms with Gasteiger partial charge in [-0.25, -0.2) is 14.0 Å². The van der Waals surface area contributed by atoms with Crippen molar-refractivity contribution in [2.45, 2.75) is 38.9 Å². The van der Waals surface area contributed by atoms with Crippen LogP contribution in [0.3, 0.4) is 0 Å². The second-order valence-electron chi connectivity index (χ2n) is 5.49. The molecule has 0 heterocycles. The number of ether oxygens (including phenoxy) is 1. The molecule has 1 aromatic carbocycles. The number of benzene rings is 1. The number of hydrogen-bond acceptors (Lipinski definition) is 4. The number of nitrogens with one attached hydrogen (secondary N) is 1. The molecule has 0 fully saturated rings. The van der Waals surface area contributed by atoms with Crippen molar-refractivity contribution in [3.63, 3.8) is 0 Å². The van der Waals surface area contributed by atoms with Gasteiger partial charge in [-0.05, 0) is 38.5 Å². The van der Waals surface area contributed by atoms with Crippen molar-refractivity contribution in [3.05, 3.63) is 29.6 Å². The van der Waals surface area contributed by atoms with Crippen LogP contribution in [-0.2, 0) is 16.0 Å². The molecule has 1 unspecified atom stereocenters. The van der Waals surface area contributed by atoms with Gasteiger partial charge in [-0.2, -0.15) is 0 Å². The quantitative estimate of drug-likeness (QED) is 0.791. The first-order valence-corrected chi connectivity index (χ1v) is 6.28. The highest BCUT2D eigenvalue weighted by Gasteiger charge is 2.18. The van der Waals surface area contributed by atoms with Crippen molar-refractivity contribution < 1.29 is 28.9 Å². The van der Waals surface area contributed by atoms with Gasteiger partial charge in [-0.15, -0.1) is 0 Å². The molecule has 0 saturated heterocycles. The number of amides is 1. The minimum atomic E-state index is -1.68. The van der Waals surface area contributed by atoms with E-state index in [1.54, 1.807) is 20.8 Å². The summed E-state index contributed by atoms with van der Waals surface area (Å²) in [5.41, 5.74) is -0.455. The third-order valence-corrected chi connectivity index (χ3v) is 2.40. The number of halogens is 1. The van der Waals surface area contributed by atoms with Crippen LogP contribution in [0.5, 0.6) is 0 Å². The lowest BCUT2D eigenvalue weighted by molar-refractivity contribution is -0.146. The first-order chi connectivity index (χ1) is 9.58. The summed E-state index contributed by atoms with van der Waals surface area (Å²) in [6, 6.07) is 3.74. The Morgan fingerprint density at radius 3 is 2.48 bits per heavy atom. The van der Waals surface area contributed by atoms with Gasteiger partial charge in [0.05, 0.1) is 0 Å². The number of aliphatic hydroxyl groups excluding tert-OH is 1. The van der Waals surface area contributed by atoms with Gasteiger partial charge in [0.2, 0.25) is 0 Å². The minimum Gasteiger partial charge on any atom is -0.479 e. The van der Waals surface area contributed by atoms with Crippen molar-refractivity contribution in [1.82, 2.24) is 0 Å². The largest absolute Gasteiger partial charge is 0.479 e. The van der Waals surface area contributed by atoms with Crippen LogP contribution >= 0.6 is 0 Å². The number of carboxylic acid groups (broad SMARTS) is 1. The first-order valence-electron chi connectivity index (χ1n) is 6.28. The summed E-state index contributed by atoms with van der Waals surface area (Å²) in [6.07, 6.45) is -2.75. The van der Waals surface area contributed by atoms with Gasteiger partial charge in [0.25, 0.3) is 0 Å². The Labute approximate surface area is 121 Å². The highest BCUT2D eigenvalue weighted by molar-refractivity contribution is 5.84. The topological polar surface area (TPSA) is 95.9 Å². The molecule has 0 aliphatic rings. The summed E-state index contributed by atoms with van der Waals surface area (Å²) in [4.78, 5) is 22.0. The first kappa shape index (κ1) is 16.9. The van der Waals surface area contributed by atoms with Crippen molar-refractivity contribution in [1.29, 1.82) is 0 Å². The van der Waals surface area contributed by atoms with E-state index in [-0.39, 0.29) is 17.7 Å². The maximum Gasteiger partial charge on any atom is 0.412 e. The number of aliphatic hydroxyl groups is 1. The molecule has 1 atom stereocenters. The molecule has 0 saturated carbocycles. The molecule has 3 N–H and O–H groups in total. The fourth-order valence-corrected chi connectivity index (χ4v) is 1.51. The number of carbonyl (C=O) groups is 2. The van der Waals surface area contributed by atoms with E-state index in [1.807, 2.05) is 0 Å². The summed E-state index contributed by atoms with van der Waals surface area (Å²) in [6.45, 7) is 5.09. The van der Waals surface area contributed by atoms with Crippen LogP contribution in [0.25, 0.3) is 0 Å². The molecule has 0 bridgehead atoms. The van der Waals surface area contributed by atoms with E-state index in [1.165, 1.54) is 12.1 Å². The second kappa shape index (κ2) is 6.53. The van der Waals surface area contributed by atoms with Crippen LogP contribution in [-0.4, -0.2) is 34.0 Å². The minimum absolute atomic E-state index is 0.0413. The third kappa shape index (κ3) is 5.78. The molecule has 0 aromatic heterocycles. The molecule has 0 aliphatic carbocycles. The van der Waals surface area contributed by atoms with Gasteiger partial charge in [0, 0.05) is 12.1 Å². The van der Waals surface area contributed by atoms with Crippen molar-refractivity contribution in [2.75, 3.05) is 5.32 Å². The Bertz CT molecular complexity index is 539. The van der Waals surface area contributed by atoms with Crippen LogP contribution in [0.4, 0.5) is 14.9 Å². The lowest BCUT2D eigenvalue weighted by atomic mass is 10.1. The van der Waals surface area contributed by atoms with Crippen molar-refractivity contribution in [3.8, 4) is 0 Å². The summed E-state index contributed by atoms with van der Waals surface area (Å²) in [7, 11) is 0. The zero-order chi connectivity index (χ0) is 16.2. The number of carbonyl (C=O) groups excluding carboxylic acids is 1. The lowest BCUT2D eigenvalue weighted by Gasteiger charge is -2.19. The summed E-state index contributed by atoms with van der Waals surface area (Å²) in [5, 5.41) is 20.1. The fourth-order valence-electron chi connectivity index (χ4n) is 1.51. The molecule has 0 radical (unpaired) electrons. The predicted octanol–water partition coefficient (Wildman–Crippen LogP) is 2.16. The van der Waals surface area contributed by atoms with Crippen LogP contribution < -0.4 is 5.32 Å². The summed E-state index contributed by atoms with van der Waals surface area (Å²) in [5.74, 6) is -2.14. The molecule has 1 rings (SSSR count). The molecule has 21 heavy (non-hydrogen) atoms. The normalized spacial score (nSPS) is 12.6. The van der Waals surface area contributed by atoms with Crippen LogP contribution in [0.1, 0.15) is 26.3 Å². The Hall–Kier alpha value is -2.15. The van der Waals surface area contributed by atoms with Gasteiger partial charge in [-0.1, -0.05) is 6.07 Å². The number of anilines is 1. The second-order valence-corrected chi connectivity index (χ2v) is 5.49. The van der Waals surface area contributed by atoms with Crippen molar-refractivity contribution in [2.24, 2.45) is 0 Å². The Kier molecular flexibility index (Phi) is 5.26. The van der Waals surface area contributed by atoms with Gasteiger partial charge in [0.1, 0.15) is 11.4 Å². The number of hydrogen-bond donors (Lipinski definition) is 3. The zero-order valence-corrected chi connectivity index (χ0v) is 12.0. The van der Waals surface area contributed by atoms with E-state index in [4.69, 9.17) is 9.84 Å². The van der Waals surface area contributed by atoms with Gasteiger partial charge in [-0.3, -0.25) is 5.32 Å². The third-order valence-electron chi connectivity index (χ3n) is 2.40. The van der Waals surface area contributed by atoms with Gasteiger partial charge in [0.15, 0.2) is 6.10 Å². The average Bonchev–Trinajstić information content (AvgIpc) is 2.29. The van der Waals surface area contributed by atoms with Crippen LogP contribution in [0.2, 0.25) is 0 Å². The van der Waals surface area contributed by atoms with Crippen LogP contribution in [0.15, 0.2) is 18.2 Å². The van der Waals surface area contributed by atoms with Gasteiger partial charge >= 0.3 is 12.1 Å². The average molecular weight is 299 g/mol. The lowest BCUT2D eigenvalue weighted by Crippen LogP contribution is -2.27. The molecule has 116 valence electrons. The monoisotopic (exact) mass is 299 g/mol. The van der Waals surface area contributed by atoms with Gasteiger partial charge < -0.3 is 14.9 Å². The molecule has 1 aromatic rings. The molecular formula is C14H18FNO5. The molecule has 7 heteroatoms. The molecular weight excluding hydrogens is 281 g/mol. The SMILES string of the molecule is CC(C)(C)OC(=O)Nc1ccc(CC(O)C(=O)O)c(F)c1. The highest BCUT2D eigenvalue weighted by Crippen LogP contribution is 2.17. The molecule has 0 aliphatic heterocycles. The maximum absolute atomic E-state index is 13.8. The van der Waals surface area contributed by atoms with Crippen LogP contribution in [0, 0.1) is 5.82 Å². The Morgan fingerprint density at radius 1 is 1.38 bits per heavy atom. The summed E-state index contributed by atoms with van der Waals surface area (Å²) < 4.78 is 18.8. The highest BCUT2D eigenvalue weighted by atomic mass is 19.1. The smallest absolute Gasteiger partial charge is 0.412 e. The standard InChI is InChI=1S/C14H18FNO5/c1-14(2,3)21-13(20)16-9-5-4-8(10(15)7-9)6-11(17)12(18)19/h4-5,7,11,17H,6H2,1-3H3,(H,16,20)(H,18,19). The number of carboxylic acids is 1. The number of rotatable bonds is 4. The summed E-state index contributed by atoms with van der Waals surface area (Å²) >= 11 is 0. The van der Waals surface area contributed by atoms with E-state index >= 15 is 0 Å². The predicted molar refractivity (Wildman–Crippen MR) is 73.6 cm³/mol. The Balaban J connectivity index is 2.74. The maximum atomic E-state index is 13.8. The number of aliphatic carboxylic acids is 1. The molecule has 1 amide bonds. The fraction of sp³-hybridized carbons (Fsp3) is 0.429. The molecule has 0 spiro atoms. The zero-order valence-electron chi connectivity index (χ0n) is 12.0. The van der Waals surface area contributed by atoms with E-state index < -0.39 is 29.6 Å². The van der Waals surface area contributed by atoms with E-state index in [9.17, 15) is 19.1 Å². The van der Waals surface area contributed by atoms with E-state index in [0.717, 1.165) is 6.07 Å². The molecule has 6 nitrogen and oxygen atoms in total.